The summed E-state index contributed by atoms with van der Waals surface area (Å²) in [4.78, 5) is 0. The fourth-order valence-corrected chi connectivity index (χ4v) is 2.17. The zero-order valence-corrected chi connectivity index (χ0v) is 11.4. The minimum absolute atomic E-state index is 0.294. The van der Waals surface area contributed by atoms with E-state index in [-0.39, 0.29) is 0 Å². The average Bonchev–Trinajstić information content (AvgIpc) is 2.91. The molecule has 2 aromatic rings. The van der Waals surface area contributed by atoms with Crippen molar-refractivity contribution in [3.05, 3.63) is 53.1 Å². The molecule has 0 unspecified atom stereocenters. The highest BCUT2D eigenvalue weighted by molar-refractivity contribution is 5.49. The van der Waals surface area contributed by atoms with Crippen molar-refractivity contribution >= 4 is 5.69 Å². The Hall–Kier alpha value is -2.20. The van der Waals surface area contributed by atoms with Gasteiger partial charge in [0.2, 0.25) is 6.79 Å². The van der Waals surface area contributed by atoms with Crippen LogP contribution < -0.4 is 15.2 Å². The largest absolute Gasteiger partial charge is 0.454 e. The van der Waals surface area contributed by atoms with E-state index in [1.165, 1.54) is 0 Å². The van der Waals surface area contributed by atoms with Gasteiger partial charge < -0.3 is 19.9 Å². The molecule has 20 heavy (non-hydrogen) atoms. The first kappa shape index (κ1) is 12.8. The first-order chi connectivity index (χ1) is 9.74. The Morgan fingerprint density at radius 3 is 2.85 bits per heavy atom. The van der Waals surface area contributed by atoms with E-state index in [9.17, 15) is 0 Å². The average molecular weight is 271 g/mol. The van der Waals surface area contributed by atoms with E-state index in [1.54, 1.807) is 0 Å². The second-order valence-electron chi connectivity index (χ2n) is 4.81. The summed E-state index contributed by atoms with van der Waals surface area (Å²) in [5.74, 6) is 1.58. The van der Waals surface area contributed by atoms with Crippen LogP contribution in [0.2, 0.25) is 0 Å². The van der Waals surface area contributed by atoms with Gasteiger partial charge in [0.25, 0.3) is 0 Å². The minimum atomic E-state index is 0.294. The van der Waals surface area contributed by atoms with Crippen molar-refractivity contribution < 1.29 is 14.2 Å². The number of ether oxygens (including phenoxy) is 3. The van der Waals surface area contributed by atoms with Gasteiger partial charge in [0.05, 0.1) is 13.2 Å². The van der Waals surface area contributed by atoms with E-state index in [2.05, 4.69) is 0 Å². The summed E-state index contributed by atoms with van der Waals surface area (Å²) in [5, 5.41) is 0. The van der Waals surface area contributed by atoms with E-state index in [0.29, 0.717) is 20.0 Å². The van der Waals surface area contributed by atoms with E-state index >= 15 is 0 Å². The van der Waals surface area contributed by atoms with Crippen LogP contribution in [0.3, 0.4) is 0 Å². The lowest BCUT2D eigenvalue weighted by atomic mass is 10.1. The maximum atomic E-state index is 5.88. The molecule has 1 heterocycles. The molecule has 0 radical (unpaired) electrons. The van der Waals surface area contributed by atoms with Crippen molar-refractivity contribution in [3.8, 4) is 11.5 Å². The molecule has 0 atom stereocenters. The van der Waals surface area contributed by atoms with Crippen LogP contribution in [0.25, 0.3) is 0 Å². The lowest BCUT2D eigenvalue weighted by molar-refractivity contribution is 0.106. The molecular weight excluding hydrogens is 254 g/mol. The van der Waals surface area contributed by atoms with Gasteiger partial charge in [-0.2, -0.15) is 0 Å². The number of nitrogen functional groups attached to an aromatic ring is 1. The molecule has 2 aromatic carbocycles. The summed E-state index contributed by atoms with van der Waals surface area (Å²) >= 11 is 0. The van der Waals surface area contributed by atoms with Gasteiger partial charge in [0.15, 0.2) is 11.5 Å². The van der Waals surface area contributed by atoms with Gasteiger partial charge in [0.1, 0.15) is 0 Å². The maximum Gasteiger partial charge on any atom is 0.231 e. The number of nitrogens with two attached hydrogens (primary N) is 1. The van der Waals surface area contributed by atoms with Gasteiger partial charge in [-0.25, -0.2) is 0 Å². The first-order valence-corrected chi connectivity index (χ1v) is 6.54. The molecule has 0 bridgehead atoms. The normalized spacial score (nSPS) is 12.7. The van der Waals surface area contributed by atoms with E-state index < -0.39 is 0 Å². The molecule has 0 aromatic heterocycles. The van der Waals surface area contributed by atoms with Gasteiger partial charge in [-0.3, -0.25) is 0 Å². The summed E-state index contributed by atoms with van der Waals surface area (Å²) < 4.78 is 16.4. The van der Waals surface area contributed by atoms with Crippen molar-refractivity contribution in [2.45, 2.75) is 20.1 Å². The van der Waals surface area contributed by atoms with Gasteiger partial charge in [-0.05, 0) is 41.8 Å². The van der Waals surface area contributed by atoms with Crippen LogP contribution in [-0.4, -0.2) is 6.79 Å². The molecule has 1 aliphatic rings. The molecule has 0 amide bonds. The maximum absolute atomic E-state index is 5.88. The van der Waals surface area contributed by atoms with Crippen molar-refractivity contribution in [3.63, 3.8) is 0 Å². The monoisotopic (exact) mass is 271 g/mol. The Balaban J connectivity index is 1.61. The van der Waals surface area contributed by atoms with Crippen LogP contribution in [0, 0.1) is 6.92 Å². The summed E-state index contributed by atoms with van der Waals surface area (Å²) in [6.07, 6.45) is 0. The van der Waals surface area contributed by atoms with Crippen LogP contribution in [0.4, 0.5) is 5.69 Å². The Morgan fingerprint density at radius 1 is 1.10 bits per heavy atom. The summed E-state index contributed by atoms with van der Waals surface area (Å²) in [7, 11) is 0. The van der Waals surface area contributed by atoms with Crippen LogP contribution in [-0.2, 0) is 18.0 Å². The highest BCUT2D eigenvalue weighted by Gasteiger charge is 2.13. The van der Waals surface area contributed by atoms with E-state index in [4.69, 9.17) is 19.9 Å². The van der Waals surface area contributed by atoms with E-state index in [0.717, 1.165) is 33.9 Å². The quantitative estimate of drug-likeness (QED) is 0.868. The lowest BCUT2D eigenvalue weighted by Gasteiger charge is -2.09. The lowest BCUT2D eigenvalue weighted by Crippen LogP contribution is -1.99. The van der Waals surface area contributed by atoms with Gasteiger partial charge in [-0.1, -0.05) is 18.2 Å². The number of benzene rings is 2. The van der Waals surface area contributed by atoms with Crippen molar-refractivity contribution in [1.82, 2.24) is 0 Å². The number of fused-ring (bicyclic) bond motifs is 1. The minimum Gasteiger partial charge on any atom is -0.454 e. The predicted molar refractivity (Wildman–Crippen MR) is 76.6 cm³/mol. The van der Waals surface area contributed by atoms with Crippen LogP contribution in [0.1, 0.15) is 16.7 Å². The zero-order chi connectivity index (χ0) is 13.9. The Morgan fingerprint density at radius 2 is 1.95 bits per heavy atom. The standard InChI is InChI=1S/C16H17NO3/c1-11-13(3-2-4-14(11)17)9-18-8-12-5-6-15-16(7-12)20-10-19-15/h2-7H,8-10,17H2,1H3. The fourth-order valence-electron chi connectivity index (χ4n) is 2.17. The third kappa shape index (κ3) is 2.56. The third-order valence-electron chi connectivity index (χ3n) is 3.45. The molecule has 0 fully saturated rings. The molecule has 0 saturated heterocycles. The summed E-state index contributed by atoms with van der Waals surface area (Å²) in [6, 6.07) is 11.7. The number of hydrogen-bond acceptors (Lipinski definition) is 4. The molecular formula is C16H17NO3. The van der Waals surface area contributed by atoms with Crippen molar-refractivity contribution in [2.24, 2.45) is 0 Å². The smallest absolute Gasteiger partial charge is 0.231 e. The van der Waals surface area contributed by atoms with Crippen LogP contribution in [0.15, 0.2) is 36.4 Å². The van der Waals surface area contributed by atoms with Crippen molar-refractivity contribution in [1.29, 1.82) is 0 Å². The zero-order valence-electron chi connectivity index (χ0n) is 11.4. The molecule has 4 nitrogen and oxygen atoms in total. The van der Waals surface area contributed by atoms with Crippen molar-refractivity contribution in [2.75, 3.05) is 12.5 Å². The highest BCUT2D eigenvalue weighted by Crippen LogP contribution is 2.32. The van der Waals surface area contributed by atoms with Gasteiger partial charge in [-0.15, -0.1) is 0 Å². The van der Waals surface area contributed by atoms with E-state index in [1.807, 2.05) is 43.3 Å². The number of anilines is 1. The number of hydrogen-bond donors (Lipinski definition) is 1. The summed E-state index contributed by atoms with van der Waals surface area (Å²) in [5.41, 5.74) is 9.94. The molecule has 4 heteroatoms. The summed E-state index contributed by atoms with van der Waals surface area (Å²) in [6.45, 7) is 3.38. The molecule has 0 aliphatic carbocycles. The van der Waals surface area contributed by atoms with Crippen LogP contribution >= 0.6 is 0 Å². The first-order valence-electron chi connectivity index (χ1n) is 6.54. The number of rotatable bonds is 4. The van der Waals surface area contributed by atoms with Gasteiger partial charge >= 0.3 is 0 Å². The Bertz CT molecular complexity index is 625. The molecule has 1 aliphatic heterocycles. The Labute approximate surface area is 118 Å². The Kier molecular flexibility index (Phi) is 3.48. The van der Waals surface area contributed by atoms with Crippen LogP contribution in [0.5, 0.6) is 11.5 Å². The fraction of sp³-hybridized carbons (Fsp3) is 0.250. The van der Waals surface area contributed by atoms with Gasteiger partial charge in [0, 0.05) is 5.69 Å². The molecule has 3 rings (SSSR count). The highest BCUT2D eigenvalue weighted by atomic mass is 16.7. The molecule has 0 saturated carbocycles. The SMILES string of the molecule is Cc1c(N)cccc1COCc1ccc2c(c1)OCO2. The third-order valence-corrected chi connectivity index (χ3v) is 3.45. The molecule has 2 N–H and O–H groups in total. The topological polar surface area (TPSA) is 53.7 Å². The predicted octanol–water partition coefficient (Wildman–Crippen LogP) is 3.02. The molecule has 0 spiro atoms. The second kappa shape index (κ2) is 5.43. The molecule has 104 valence electrons. The second-order valence-corrected chi connectivity index (χ2v) is 4.81.